The summed E-state index contributed by atoms with van der Waals surface area (Å²) in [5.74, 6) is -0.175. The van der Waals surface area contributed by atoms with Crippen LogP contribution >= 0.6 is 0 Å². The molecule has 1 amide bonds. The fraction of sp³-hybridized carbons (Fsp3) is 0.929. The van der Waals surface area contributed by atoms with Gasteiger partial charge in [-0.3, -0.25) is 4.79 Å². The Morgan fingerprint density at radius 1 is 1.30 bits per heavy atom. The minimum absolute atomic E-state index is 0.133. The third kappa shape index (κ3) is 2.67. The lowest BCUT2D eigenvalue weighted by molar-refractivity contribution is -0.216. The van der Waals surface area contributed by atoms with E-state index in [1.165, 1.54) is 0 Å². The zero-order valence-electron chi connectivity index (χ0n) is 12.0. The van der Waals surface area contributed by atoms with Gasteiger partial charge in [-0.05, 0) is 31.2 Å². The van der Waals surface area contributed by atoms with Crippen molar-refractivity contribution in [1.82, 2.24) is 10.6 Å². The highest BCUT2D eigenvalue weighted by Gasteiger charge is 2.61. The van der Waals surface area contributed by atoms with Gasteiger partial charge in [0.15, 0.2) is 5.41 Å². The highest BCUT2D eigenvalue weighted by molar-refractivity contribution is 5.84. The topological polar surface area (TPSA) is 41.1 Å². The van der Waals surface area contributed by atoms with Gasteiger partial charge in [0.05, 0.1) is 0 Å². The van der Waals surface area contributed by atoms with Crippen LogP contribution in [0.25, 0.3) is 0 Å². The van der Waals surface area contributed by atoms with E-state index in [0.29, 0.717) is 5.92 Å². The summed E-state index contributed by atoms with van der Waals surface area (Å²) in [6.07, 6.45) is -1.84. The zero-order valence-corrected chi connectivity index (χ0v) is 12.0. The van der Waals surface area contributed by atoms with Gasteiger partial charge in [0.25, 0.3) is 0 Å². The molecule has 2 fully saturated rings. The van der Waals surface area contributed by atoms with Crippen molar-refractivity contribution in [3.63, 3.8) is 0 Å². The van der Waals surface area contributed by atoms with Crippen molar-refractivity contribution in [1.29, 1.82) is 0 Å². The van der Waals surface area contributed by atoms with Crippen molar-refractivity contribution in [3.05, 3.63) is 0 Å². The third-order valence-electron chi connectivity index (χ3n) is 5.16. The highest BCUT2D eigenvalue weighted by Crippen LogP contribution is 2.43. The summed E-state index contributed by atoms with van der Waals surface area (Å²) >= 11 is 0. The van der Waals surface area contributed by atoms with Crippen LogP contribution in [0.5, 0.6) is 0 Å². The fourth-order valence-corrected chi connectivity index (χ4v) is 3.35. The Hall–Kier alpha value is -0.780. The zero-order chi connectivity index (χ0) is 15.0. The van der Waals surface area contributed by atoms with Gasteiger partial charge in [0.2, 0.25) is 5.91 Å². The van der Waals surface area contributed by atoms with Crippen LogP contribution < -0.4 is 10.6 Å². The molecule has 1 saturated heterocycles. The van der Waals surface area contributed by atoms with Crippen molar-refractivity contribution in [3.8, 4) is 0 Å². The first kappa shape index (κ1) is 15.6. The van der Waals surface area contributed by atoms with Crippen molar-refractivity contribution < 1.29 is 18.0 Å². The number of carbonyl (C=O) groups is 1. The number of rotatable bonds is 2. The molecule has 0 aromatic carbocycles. The van der Waals surface area contributed by atoms with Crippen molar-refractivity contribution in [2.24, 2.45) is 17.3 Å². The smallest absolute Gasteiger partial charge is 0.352 e. The lowest BCUT2D eigenvalue weighted by atomic mass is 9.77. The van der Waals surface area contributed by atoms with Crippen LogP contribution in [0.1, 0.15) is 39.5 Å². The van der Waals surface area contributed by atoms with E-state index in [1.54, 1.807) is 0 Å². The van der Waals surface area contributed by atoms with Crippen LogP contribution in [0.15, 0.2) is 0 Å². The summed E-state index contributed by atoms with van der Waals surface area (Å²) < 4.78 is 39.9. The summed E-state index contributed by atoms with van der Waals surface area (Å²) in [5, 5.41) is 5.37. The van der Waals surface area contributed by atoms with Crippen molar-refractivity contribution in [2.75, 3.05) is 13.1 Å². The maximum absolute atomic E-state index is 13.3. The molecule has 20 heavy (non-hydrogen) atoms. The number of hydrogen-bond acceptors (Lipinski definition) is 2. The Morgan fingerprint density at radius 3 is 2.55 bits per heavy atom. The average molecular weight is 292 g/mol. The second-order valence-corrected chi connectivity index (χ2v) is 6.35. The normalized spacial score (nSPS) is 38.8. The maximum Gasteiger partial charge on any atom is 0.404 e. The predicted octanol–water partition coefficient (Wildman–Crippen LogP) is 2.47. The molecule has 2 rings (SSSR count). The highest BCUT2D eigenvalue weighted by atomic mass is 19.4. The largest absolute Gasteiger partial charge is 0.404 e. The van der Waals surface area contributed by atoms with E-state index in [1.807, 2.05) is 6.92 Å². The van der Waals surface area contributed by atoms with E-state index in [4.69, 9.17) is 0 Å². The molecular weight excluding hydrogens is 269 g/mol. The first-order chi connectivity index (χ1) is 9.28. The summed E-state index contributed by atoms with van der Waals surface area (Å²) in [6, 6.07) is -0.133. The summed E-state index contributed by atoms with van der Waals surface area (Å²) in [5.41, 5.74) is -2.24. The predicted molar refractivity (Wildman–Crippen MR) is 70.1 cm³/mol. The molecule has 0 radical (unpaired) electrons. The van der Waals surface area contributed by atoms with E-state index >= 15 is 0 Å². The van der Waals surface area contributed by atoms with E-state index in [-0.39, 0.29) is 31.5 Å². The number of halogens is 3. The van der Waals surface area contributed by atoms with E-state index in [2.05, 4.69) is 17.6 Å². The maximum atomic E-state index is 13.3. The first-order valence-corrected chi connectivity index (χ1v) is 7.36. The molecule has 3 nitrogen and oxygen atoms in total. The van der Waals surface area contributed by atoms with Crippen LogP contribution in [0.4, 0.5) is 13.2 Å². The van der Waals surface area contributed by atoms with Gasteiger partial charge in [-0.25, -0.2) is 0 Å². The van der Waals surface area contributed by atoms with Crippen LogP contribution in [0.2, 0.25) is 0 Å². The first-order valence-electron chi connectivity index (χ1n) is 7.36. The molecule has 0 spiro atoms. The Balaban J connectivity index is 2.10. The second-order valence-electron chi connectivity index (χ2n) is 6.35. The minimum atomic E-state index is -4.50. The lowest BCUT2D eigenvalue weighted by Gasteiger charge is -2.37. The van der Waals surface area contributed by atoms with Gasteiger partial charge >= 0.3 is 6.18 Å². The van der Waals surface area contributed by atoms with Crippen molar-refractivity contribution >= 4 is 5.91 Å². The van der Waals surface area contributed by atoms with E-state index in [0.717, 1.165) is 19.3 Å². The molecule has 1 heterocycles. The van der Waals surface area contributed by atoms with Crippen LogP contribution in [-0.4, -0.2) is 31.2 Å². The van der Waals surface area contributed by atoms with Gasteiger partial charge in [-0.2, -0.15) is 13.2 Å². The fourth-order valence-electron chi connectivity index (χ4n) is 3.35. The van der Waals surface area contributed by atoms with E-state index in [9.17, 15) is 18.0 Å². The summed E-state index contributed by atoms with van der Waals surface area (Å²) in [7, 11) is 0. The van der Waals surface area contributed by atoms with E-state index < -0.39 is 17.5 Å². The van der Waals surface area contributed by atoms with Crippen LogP contribution in [-0.2, 0) is 4.79 Å². The quantitative estimate of drug-likeness (QED) is 0.821. The lowest BCUT2D eigenvalue weighted by Crippen LogP contribution is -2.56. The molecule has 2 aliphatic rings. The van der Waals surface area contributed by atoms with Gasteiger partial charge in [-0.1, -0.05) is 26.7 Å². The van der Waals surface area contributed by atoms with Gasteiger partial charge < -0.3 is 10.6 Å². The molecule has 4 unspecified atom stereocenters. The van der Waals surface area contributed by atoms with Gasteiger partial charge in [0, 0.05) is 12.6 Å². The molecular formula is C14H23F3N2O. The number of amides is 1. The van der Waals surface area contributed by atoms with Gasteiger partial charge in [0.1, 0.15) is 0 Å². The molecule has 2 N–H and O–H groups in total. The molecule has 116 valence electrons. The molecule has 1 aliphatic carbocycles. The van der Waals surface area contributed by atoms with Crippen LogP contribution in [0, 0.1) is 17.3 Å². The Kier molecular flexibility index (Phi) is 4.33. The molecule has 0 aromatic rings. The van der Waals surface area contributed by atoms with Gasteiger partial charge in [-0.15, -0.1) is 0 Å². The molecule has 1 aliphatic heterocycles. The molecule has 0 aromatic heterocycles. The average Bonchev–Trinajstić information content (AvgIpc) is 2.85. The number of nitrogens with one attached hydrogen (secondary N) is 2. The summed E-state index contributed by atoms with van der Waals surface area (Å²) in [4.78, 5) is 12.3. The third-order valence-corrected chi connectivity index (χ3v) is 5.16. The molecule has 6 heteroatoms. The SMILES string of the molecule is CC1CCCC(NC(=O)C2(C(F)(F)F)CCNC2)C1C. The van der Waals surface area contributed by atoms with Crippen molar-refractivity contribution in [2.45, 2.75) is 51.7 Å². The molecule has 1 saturated carbocycles. The monoisotopic (exact) mass is 292 g/mol. The second kappa shape index (κ2) is 5.54. The number of alkyl halides is 3. The Bertz CT molecular complexity index is 364. The number of hydrogen-bond donors (Lipinski definition) is 2. The Morgan fingerprint density at radius 2 is 2.00 bits per heavy atom. The van der Waals surface area contributed by atoms with Crippen LogP contribution in [0.3, 0.4) is 0 Å². The molecule has 4 atom stereocenters. The Labute approximate surface area is 117 Å². The number of carbonyl (C=O) groups excluding carboxylic acids is 1. The standard InChI is InChI=1S/C14H23F3N2O/c1-9-4-3-5-11(10(9)2)19-12(20)13(14(15,16)17)6-7-18-8-13/h9-11,18H,3-8H2,1-2H3,(H,19,20). The minimum Gasteiger partial charge on any atom is -0.352 e. The molecule has 0 bridgehead atoms. The summed E-state index contributed by atoms with van der Waals surface area (Å²) in [6.45, 7) is 4.05.